The summed E-state index contributed by atoms with van der Waals surface area (Å²) in [6.45, 7) is 1.82. The van der Waals surface area contributed by atoms with Gasteiger partial charge in [0.05, 0.1) is 19.9 Å². The molecular formula is C19H22N2O3. The van der Waals surface area contributed by atoms with Crippen LogP contribution in [0.15, 0.2) is 53.6 Å². The maximum atomic E-state index is 11.9. The topological polar surface area (TPSA) is 59.9 Å². The lowest BCUT2D eigenvalue weighted by Gasteiger charge is -2.10. The Bertz CT molecular complexity index is 712. The molecule has 5 heteroatoms. The fourth-order valence-electron chi connectivity index (χ4n) is 2.26. The second-order valence-electron chi connectivity index (χ2n) is 5.28. The lowest BCUT2D eigenvalue weighted by atomic mass is 10.1. The number of hydrogen-bond acceptors (Lipinski definition) is 4. The molecule has 0 aliphatic rings. The quantitative estimate of drug-likeness (QED) is 0.628. The van der Waals surface area contributed by atoms with Gasteiger partial charge in [0.25, 0.3) is 0 Å². The Morgan fingerprint density at radius 3 is 2.50 bits per heavy atom. The number of methoxy groups -OCH3 is 2. The highest BCUT2D eigenvalue weighted by Crippen LogP contribution is 2.25. The van der Waals surface area contributed by atoms with Gasteiger partial charge in [0.2, 0.25) is 5.91 Å². The van der Waals surface area contributed by atoms with Gasteiger partial charge >= 0.3 is 0 Å². The Kier molecular flexibility index (Phi) is 6.37. The molecule has 5 nitrogen and oxygen atoms in total. The maximum Gasteiger partial charge on any atom is 0.240 e. The summed E-state index contributed by atoms with van der Waals surface area (Å²) in [5.41, 5.74) is 5.20. The van der Waals surface area contributed by atoms with Crippen LogP contribution < -0.4 is 14.9 Å². The SMILES string of the molecule is COc1ccc(/C(C)=N/NC(=O)CCc2ccccc2)c(OC)c1. The Morgan fingerprint density at radius 1 is 1.08 bits per heavy atom. The summed E-state index contributed by atoms with van der Waals surface area (Å²) in [4.78, 5) is 11.9. The van der Waals surface area contributed by atoms with Crippen molar-refractivity contribution in [3.05, 3.63) is 59.7 Å². The maximum absolute atomic E-state index is 11.9. The number of aryl methyl sites for hydroxylation is 1. The first-order valence-corrected chi connectivity index (χ1v) is 7.73. The van der Waals surface area contributed by atoms with Crippen molar-refractivity contribution in [3.8, 4) is 11.5 Å². The van der Waals surface area contributed by atoms with Crippen molar-refractivity contribution in [1.82, 2.24) is 5.43 Å². The van der Waals surface area contributed by atoms with E-state index < -0.39 is 0 Å². The predicted molar refractivity (Wildman–Crippen MR) is 94.7 cm³/mol. The molecular weight excluding hydrogens is 304 g/mol. The van der Waals surface area contributed by atoms with Crippen LogP contribution in [-0.4, -0.2) is 25.8 Å². The van der Waals surface area contributed by atoms with E-state index >= 15 is 0 Å². The van der Waals surface area contributed by atoms with Crippen molar-refractivity contribution >= 4 is 11.6 Å². The minimum atomic E-state index is -0.120. The average Bonchev–Trinajstić information content (AvgIpc) is 2.64. The minimum Gasteiger partial charge on any atom is -0.497 e. The number of carbonyl (C=O) groups excluding carboxylic acids is 1. The lowest BCUT2D eigenvalue weighted by Crippen LogP contribution is -2.19. The fourth-order valence-corrected chi connectivity index (χ4v) is 2.26. The van der Waals surface area contributed by atoms with Gasteiger partial charge in [-0.1, -0.05) is 30.3 Å². The molecule has 2 aromatic rings. The number of carbonyl (C=O) groups is 1. The van der Waals surface area contributed by atoms with Crippen LogP contribution in [0, 0.1) is 0 Å². The summed E-state index contributed by atoms with van der Waals surface area (Å²) in [6.07, 6.45) is 1.08. The largest absolute Gasteiger partial charge is 0.497 e. The van der Waals surface area contributed by atoms with Crippen LogP contribution in [0.4, 0.5) is 0 Å². The number of hydrazone groups is 1. The number of rotatable bonds is 7. The van der Waals surface area contributed by atoms with E-state index in [2.05, 4.69) is 10.5 Å². The van der Waals surface area contributed by atoms with Crippen LogP contribution in [0.25, 0.3) is 0 Å². The van der Waals surface area contributed by atoms with E-state index in [-0.39, 0.29) is 5.91 Å². The molecule has 0 unspecified atom stereocenters. The molecule has 0 saturated carbocycles. The molecule has 0 spiro atoms. The first-order valence-electron chi connectivity index (χ1n) is 7.73. The van der Waals surface area contributed by atoms with Gasteiger partial charge in [-0.2, -0.15) is 5.10 Å². The molecule has 2 rings (SSSR count). The first-order chi connectivity index (χ1) is 11.6. The van der Waals surface area contributed by atoms with Crippen molar-refractivity contribution in [2.75, 3.05) is 14.2 Å². The number of benzene rings is 2. The standard InChI is InChI=1S/C19H22N2O3/c1-14(17-11-10-16(23-2)13-18(17)24-3)20-21-19(22)12-9-15-7-5-4-6-8-15/h4-8,10-11,13H,9,12H2,1-3H3,(H,21,22)/b20-14+. The highest BCUT2D eigenvalue weighted by atomic mass is 16.5. The minimum absolute atomic E-state index is 0.120. The van der Waals surface area contributed by atoms with Crippen molar-refractivity contribution in [2.45, 2.75) is 19.8 Å². The smallest absolute Gasteiger partial charge is 0.240 e. The van der Waals surface area contributed by atoms with Gasteiger partial charge in [-0.15, -0.1) is 0 Å². The Morgan fingerprint density at radius 2 is 1.83 bits per heavy atom. The van der Waals surface area contributed by atoms with Gasteiger partial charge in [0.15, 0.2) is 0 Å². The number of amides is 1. The molecule has 0 bridgehead atoms. The molecule has 126 valence electrons. The van der Waals surface area contributed by atoms with E-state index in [1.165, 1.54) is 0 Å². The average molecular weight is 326 g/mol. The molecule has 24 heavy (non-hydrogen) atoms. The Labute approximate surface area is 142 Å². The molecule has 1 N–H and O–H groups in total. The molecule has 0 radical (unpaired) electrons. The van der Waals surface area contributed by atoms with Crippen molar-refractivity contribution in [3.63, 3.8) is 0 Å². The van der Waals surface area contributed by atoms with Crippen LogP contribution >= 0.6 is 0 Å². The summed E-state index contributed by atoms with van der Waals surface area (Å²) in [5, 5.41) is 4.17. The summed E-state index contributed by atoms with van der Waals surface area (Å²) in [7, 11) is 3.19. The summed E-state index contributed by atoms with van der Waals surface area (Å²) >= 11 is 0. The second kappa shape index (κ2) is 8.72. The molecule has 0 heterocycles. The van der Waals surface area contributed by atoms with Crippen LogP contribution in [0.3, 0.4) is 0 Å². The van der Waals surface area contributed by atoms with Gasteiger partial charge in [-0.3, -0.25) is 4.79 Å². The van der Waals surface area contributed by atoms with Crippen molar-refractivity contribution in [1.29, 1.82) is 0 Å². The zero-order valence-corrected chi connectivity index (χ0v) is 14.2. The van der Waals surface area contributed by atoms with Gasteiger partial charge < -0.3 is 9.47 Å². The van der Waals surface area contributed by atoms with Gasteiger partial charge in [0, 0.05) is 18.1 Å². The van der Waals surface area contributed by atoms with E-state index in [0.717, 1.165) is 11.1 Å². The van der Waals surface area contributed by atoms with Crippen LogP contribution in [0.2, 0.25) is 0 Å². The summed E-state index contributed by atoms with van der Waals surface area (Å²) in [6, 6.07) is 15.4. The molecule has 0 saturated heterocycles. The Hall–Kier alpha value is -2.82. The third-order valence-electron chi connectivity index (χ3n) is 3.63. The molecule has 2 aromatic carbocycles. The third-order valence-corrected chi connectivity index (χ3v) is 3.63. The fraction of sp³-hybridized carbons (Fsp3) is 0.263. The number of ether oxygens (including phenoxy) is 2. The normalized spacial score (nSPS) is 11.0. The molecule has 0 aliphatic heterocycles. The zero-order chi connectivity index (χ0) is 17.4. The number of nitrogens with zero attached hydrogens (tertiary/aromatic N) is 1. The van der Waals surface area contributed by atoms with E-state index in [1.807, 2.05) is 49.4 Å². The van der Waals surface area contributed by atoms with Crippen molar-refractivity contribution in [2.24, 2.45) is 5.10 Å². The van der Waals surface area contributed by atoms with Gasteiger partial charge in [0.1, 0.15) is 11.5 Å². The van der Waals surface area contributed by atoms with Crippen LogP contribution in [-0.2, 0) is 11.2 Å². The molecule has 0 aromatic heterocycles. The third kappa shape index (κ3) is 4.84. The van der Waals surface area contributed by atoms with E-state index in [9.17, 15) is 4.79 Å². The Balaban J connectivity index is 1.97. The van der Waals surface area contributed by atoms with Crippen LogP contribution in [0.1, 0.15) is 24.5 Å². The van der Waals surface area contributed by atoms with Crippen LogP contribution in [0.5, 0.6) is 11.5 Å². The van der Waals surface area contributed by atoms with Gasteiger partial charge in [-0.25, -0.2) is 5.43 Å². The zero-order valence-electron chi connectivity index (χ0n) is 14.2. The van der Waals surface area contributed by atoms with E-state index in [0.29, 0.717) is 30.1 Å². The highest BCUT2D eigenvalue weighted by molar-refractivity contribution is 6.01. The summed E-state index contributed by atoms with van der Waals surface area (Å²) in [5.74, 6) is 1.23. The highest BCUT2D eigenvalue weighted by Gasteiger charge is 2.09. The second-order valence-corrected chi connectivity index (χ2v) is 5.28. The predicted octanol–water partition coefficient (Wildman–Crippen LogP) is 3.18. The van der Waals surface area contributed by atoms with Gasteiger partial charge in [-0.05, 0) is 31.0 Å². The van der Waals surface area contributed by atoms with Crippen molar-refractivity contribution < 1.29 is 14.3 Å². The lowest BCUT2D eigenvalue weighted by molar-refractivity contribution is -0.121. The molecule has 0 atom stereocenters. The first kappa shape index (κ1) is 17.5. The molecule has 0 aliphatic carbocycles. The number of nitrogens with one attached hydrogen (secondary N) is 1. The number of hydrogen-bond donors (Lipinski definition) is 1. The molecule has 1 amide bonds. The van der Waals surface area contributed by atoms with E-state index in [4.69, 9.17) is 9.47 Å². The monoisotopic (exact) mass is 326 g/mol. The molecule has 0 fully saturated rings. The summed E-state index contributed by atoms with van der Waals surface area (Å²) < 4.78 is 10.5. The van der Waals surface area contributed by atoms with E-state index in [1.54, 1.807) is 20.3 Å².